The van der Waals surface area contributed by atoms with Gasteiger partial charge >= 0.3 is 0 Å². The van der Waals surface area contributed by atoms with Crippen LogP contribution in [0, 0.1) is 0 Å². The van der Waals surface area contributed by atoms with Gasteiger partial charge in [0.25, 0.3) is 0 Å². The van der Waals surface area contributed by atoms with E-state index >= 15 is 0 Å². The first-order valence-corrected chi connectivity index (χ1v) is 6.92. The molecule has 5 heteroatoms. The molecule has 1 aromatic rings. The minimum absolute atomic E-state index is 0.687. The summed E-state index contributed by atoms with van der Waals surface area (Å²) in [6.07, 6.45) is 5.89. The molecular weight excluding hydrogens is 220 g/mol. The minimum Gasteiger partial charge on any atom is -0.370 e. The average Bonchev–Trinajstić information content (AvgIpc) is 2.34. The van der Waals surface area contributed by atoms with Crippen LogP contribution in [0.3, 0.4) is 0 Å². The SMILES string of the molecule is CSCCCCCNc1cccc(NN)n1. The summed E-state index contributed by atoms with van der Waals surface area (Å²) in [6, 6.07) is 5.71. The van der Waals surface area contributed by atoms with Gasteiger partial charge in [0.05, 0.1) is 0 Å². The van der Waals surface area contributed by atoms with Crippen LogP contribution < -0.4 is 16.6 Å². The topological polar surface area (TPSA) is 63.0 Å². The highest BCUT2D eigenvalue weighted by molar-refractivity contribution is 7.98. The molecule has 1 rings (SSSR count). The van der Waals surface area contributed by atoms with Crippen LogP contribution in [-0.4, -0.2) is 23.5 Å². The number of anilines is 2. The van der Waals surface area contributed by atoms with Crippen molar-refractivity contribution in [2.24, 2.45) is 5.84 Å². The maximum Gasteiger partial charge on any atom is 0.142 e. The number of thioether (sulfide) groups is 1. The molecule has 4 N–H and O–H groups in total. The molecule has 4 nitrogen and oxygen atoms in total. The van der Waals surface area contributed by atoms with Crippen molar-refractivity contribution in [3.05, 3.63) is 18.2 Å². The standard InChI is InChI=1S/C11H20N4S/c1-16-9-4-2-3-8-13-10-6-5-7-11(14-10)15-12/h5-7H,2-4,8-9,12H2,1H3,(H2,13,14,15). The van der Waals surface area contributed by atoms with E-state index in [4.69, 9.17) is 5.84 Å². The van der Waals surface area contributed by atoms with Gasteiger partial charge in [0.15, 0.2) is 0 Å². The smallest absolute Gasteiger partial charge is 0.142 e. The van der Waals surface area contributed by atoms with Gasteiger partial charge in [-0.05, 0) is 37.0 Å². The maximum absolute atomic E-state index is 5.29. The van der Waals surface area contributed by atoms with Gasteiger partial charge in [-0.25, -0.2) is 10.8 Å². The van der Waals surface area contributed by atoms with Crippen molar-refractivity contribution in [3.8, 4) is 0 Å². The zero-order valence-electron chi connectivity index (χ0n) is 9.70. The number of unbranched alkanes of at least 4 members (excludes halogenated alkanes) is 2. The molecule has 0 aliphatic carbocycles. The van der Waals surface area contributed by atoms with E-state index < -0.39 is 0 Å². The van der Waals surface area contributed by atoms with E-state index in [0.717, 1.165) is 12.4 Å². The lowest BCUT2D eigenvalue weighted by molar-refractivity contribution is 0.748. The van der Waals surface area contributed by atoms with Crippen molar-refractivity contribution in [2.45, 2.75) is 19.3 Å². The van der Waals surface area contributed by atoms with Crippen LogP contribution >= 0.6 is 11.8 Å². The first kappa shape index (κ1) is 13.1. The molecule has 1 heterocycles. The summed E-state index contributed by atoms with van der Waals surface area (Å²) in [5.41, 5.74) is 2.53. The fourth-order valence-corrected chi connectivity index (χ4v) is 1.87. The van der Waals surface area contributed by atoms with E-state index in [2.05, 4.69) is 22.0 Å². The summed E-state index contributed by atoms with van der Waals surface area (Å²) in [6.45, 7) is 0.968. The van der Waals surface area contributed by atoms with Gasteiger partial charge in [-0.15, -0.1) is 0 Å². The van der Waals surface area contributed by atoms with Crippen molar-refractivity contribution in [3.63, 3.8) is 0 Å². The van der Waals surface area contributed by atoms with Gasteiger partial charge in [-0.3, -0.25) is 0 Å². The molecule has 0 saturated carbocycles. The largest absolute Gasteiger partial charge is 0.370 e. The number of nitrogens with zero attached hydrogens (tertiary/aromatic N) is 1. The molecule has 0 aliphatic rings. The Bertz CT molecular complexity index is 293. The molecule has 16 heavy (non-hydrogen) atoms. The van der Waals surface area contributed by atoms with Gasteiger partial charge < -0.3 is 10.7 Å². The average molecular weight is 240 g/mol. The normalized spacial score (nSPS) is 10.1. The maximum atomic E-state index is 5.29. The number of nitrogens with one attached hydrogen (secondary N) is 2. The number of hydrogen-bond donors (Lipinski definition) is 3. The van der Waals surface area contributed by atoms with Crippen LogP contribution in [0.4, 0.5) is 11.6 Å². The predicted octanol–water partition coefficient (Wildman–Crippen LogP) is 2.31. The molecule has 0 aliphatic heterocycles. The number of aromatic nitrogens is 1. The summed E-state index contributed by atoms with van der Waals surface area (Å²) < 4.78 is 0. The highest BCUT2D eigenvalue weighted by Crippen LogP contribution is 2.08. The molecular formula is C11H20N4S. The second kappa shape index (κ2) is 8.24. The number of nitrogen functional groups attached to an aromatic ring is 1. The molecule has 0 fully saturated rings. The Morgan fingerprint density at radius 2 is 2.06 bits per heavy atom. The summed E-state index contributed by atoms with van der Waals surface area (Å²) in [5.74, 6) is 8.10. The molecule has 90 valence electrons. The van der Waals surface area contributed by atoms with Crippen molar-refractivity contribution in [1.29, 1.82) is 0 Å². The fourth-order valence-electron chi connectivity index (χ4n) is 1.38. The van der Waals surface area contributed by atoms with E-state index in [9.17, 15) is 0 Å². The van der Waals surface area contributed by atoms with Crippen LogP contribution in [-0.2, 0) is 0 Å². The number of rotatable bonds is 8. The quantitative estimate of drug-likeness (QED) is 0.370. The fraction of sp³-hybridized carbons (Fsp3) is 0.545. The summed E-state index contributed by atoms with van der Waals surface area (Å²) >= 11 is 1.91. The molecule has 0 atom stereocenters. The lowest BCUT2D eigenvalue weighted by Crippen LogP contribution is -2.10. The third kappa shape index (κ3) is 5.23. The van der Waals surface area contributed by atoms with Crippen LogP contribution in [0.15, 0.2) is 18.2 Å². The van der Waals surface area contributed by atoms with Crippen LogP contribution in [0.2, 0.25) is 0 Å². The summed E-state index contributed by atoms with van der Waals surface area (Å²) in [5, 5.41) is 3.28. The van der Waals surface area contributed by atoms with Crippen LogP contribution in [0.5, 0.6) is 0 Å². The van der Waals surface area contributed by atoms with Crippen LogP contribution in [0.1, 0.15) is 19.3 Å². The predicted molar refractivity (Wildman–Crippen MR) is 72.8 cm³/mol. The Kier molecular flexibility index (Phi) is 6.76. The first-order valence-electron chi connectivity index (χ1n) is 5.53. The van der Waals surface area contributed by atoms with E-state index in [-0.39, 0.29) is 0 Å². The Morgan fingerprint density at radius 3 is 2.81 bits per heavy atom. The lowest BCUT2D eigenvalue weighted by Gasteiger charge is -2.06. The second-order valence-electron chi connectivity index (χ2n) is 3.53. The lowest BCUT2D eigenvalue weighted by atomic mass is 10.2. The second-order valence-corrected chi connectivity index (χ2v) is 4.52. The molecule has 0 bridgehead atoms. The molecule has 0 unspecified atom stereocenters. The third-order valence-electron chi connectivity index (χ3n) is 2.23. The zero-order chi connectivity index (χ0) is 11.6. The van der Waals surface area contributed by atoms with E-state index in [0.29, 0.717) is 5.82 Å². The first-order chi connectivity index (χ1) is 7.86. The molecule has 0 amide bonds. The Balaban J connectivity index is 2.16. The van der Waals surface area contributed by atoms with Crippen molar-refractivity contribution < 1.29 is 0 Å². The van der Waals surface area contributed by atoms with E-state index in [1.807, 2.05) is 30.0 Å². The third-order valence-corrected chi connectivity index (χ3v) is 2.93. The van der Waals surface area contributed by atoms with Crippen molar-refractivity contribution in [2.75, 3.05) is 29.3 Å². The highest BCUT2D eigenvalue weighted by atomic mass is 32.2. The number of pyridine rings is 1. The molecule has 0 saturated heterocycles. The van der Waals surface area contributed by atoms with Crippen molar-refractivity contribution >= 4 is 23.4 Å². The van der Waals surface area contributed by atoms with E-state index in [1.165, 1.54) is 25.0 Å². The monoisotopic (exact) mass is 240 g/mol. The molecule has 0 aromatic carbocycles. The highest BCUT2D eigenvalue weighted by Gasteiger charge is 1.95. The van der Waals surface area contributed by atoms with Gasteiger partial charge in [-0.1, -0.05) is 12.5 Å². The molecule has 0 spiro atoms. The number of hydrogen-bond acceptors (Lipinski definition) is 5. The Labute approximate surface area is 101 Å². The summed E-state index contributed by atoms with van der Waals surface area (Å²) in [7, 11) is 0. The number of hydrazine groups is 1. The van der Waals surface area contributed by atoms with Crippen molar-refractivity contribution in [1.82, 2.24) is 4.98 Å². The van der Waals surface area contributed by atoms with Gasteiger partial charge in [0.1, 0.15) is 11.6 Å². The van der Waals surface area contributed by atoms with Crippen LogP contribution in [0.25, 0.3) is 0 Å². The molecule has 0 radical (unpaired) electrons. The Hall–Kier alpha value is -0.940. The van der Waals surface area contributed by atoms with E-state index in [1.54, 1.807) is 0 Å². The van der Waals surface area contributed by atoms with Gasteiger partial charge in [-0.2, -0.15) is 11.8 Å². The Morgan fingerprint density at radius 1 is 1.25 bits per heavy atom. The number of nitrogens with two attached hydrogens (primary N) is 1. The summed E-state index contributed by atoms with van der Waals surface area (Å²) in [4.78, 5) is 4.27. The van der Waals surface area contributed by atoms with Gasteiger partial charge in [0, 0.05) is 6.54 Å². The molecule has 1 aromatic heterocycles. The zero-order valence-corrected chi connectivity index (χ0v) is 10.5. The minimum atomic E-state index is 0.687. The van der Waals surface area contributed by atoms with Gasteiger partial charge in [0.2, 0.25) is 0 Å².